The zero-order chi connectivity index (χ0) is 8.69. The molecule has 0 saturated heterocycles. The Morgan fingerprint density at radius 2 is 2.36 bits per heavy atom. The first kappa shape index (κ1) is 10.4. The van der Waals surface area contributed by atoms with Crippen LogP contribution >= 0.6 is 0 Å². The van der Waals surface area contributed by atoms with E-state index in [1.807, 2.05) is 6.92 Å². The number of hydrogen-bond acceptors (Lipinski definition) is 3. The number of nitrogens with one attached hydrogen (secondary N) is 1. The molecule has 66 valence electrons. The first-order valence-electron chi connectivity index (χ1n) is 3.88. The Morgan fingerprint density at radius 1 is 1.73 bits per heavy atom. The minimum absolute atomic E-state index is 0.0663. The normalized spacial score (nSPS) is 12.6. The van der Waals surface area contributed by atoms with E-state index in [-0.39, 0.29) is 12.5 Å². The van der Waals surface area contributed by atoms with E-state index in [0.29, 0.717) is 6.42 Å². The highest BCUT2D eigenvalue weighted by atomic mass is 16.3. The first-order valence-corrected chi connectivity index (χ1v) is 3.88. The summed E-state index contributed by atoms with van der Waals surface area (Å²) in [5, 5.41) is 11.5. The van der Waals surface area contributed by atoms with E-state index in [4.69, 9.17) is 10.8 Å². The average Bonchev–Trinajstić information content (AvgIpc) is 2.00. The minimum atomic E-state index is -0.731. The van der Waals surface area contributed by atoms with Crippen molar-refractivity contribution in [3.05, 3.63) is 0 Å². The van der Waals surface area contributed by atoms with Crippen LogP contribution in [-0.2, 0) is 4.79 Å². The van der Waals surface area contributed by atoms with Crippen LogP contribution in [-0.4, -0.2) is 23.8 Å². The Morgan fingerprint density at radius 3 is 2.82 bits per heavy atom. The van der Waals surface area contributed by atoms with Gasteiger partial charge in [-0.2, -0.15) is 0 Å². The molecular formula is C7H16N2O2. The van der Waals surface area contributed by atoms with Crippen molar-refractivity contribution >= 4 is 5.91 Å². The van der Waals surface area contributed by atoms with Gasteiger partial charge in [-0.1, -0.05) is 13.3 Å². The molecular weight excluding hydrogens is 144 g/mol. The summed E-state index contributed by atoms with van der Waals surface area (Å²) in [5.41, 5.74) is 5.03. The fraction of sp³-hybridized carbons (Fsp3) is 0.857. The molecule has 0 bridgehead atoms. The van der Waals surface area contributed by atoms with Crippen LogP contribution in [0.1, 0.15) is 26.2 Å². The zero-order valence-electron chi connectivity index (χ0n) is 6.84. The van der Waals surface area contributed by atoms with E-state index in [9.17, 15) is 4.79 Å². The van der Waals surface area contributed by atoms with Crippen molar-refractivity contribution in [3.63, 3.8) is 0 Å². The van der Waals surface area contributed by atoms with E-state index >= 15 is 0 Å². The largest absolute Gasteiger partial charge is 0.374 e. The number of hydrogen-bond donors (Lipinski definition) is 3. The molecule has 4 N–H and O–H groups in total. The highest BCUT2D eigenvalue weighted by Gasteiger charge is 2.04. The summed E-state index contributed by atoms with van der Waals surface area (Å²) >= 11 is 0. The van der Waals surface area contributed by atoms with Gasteiger partial charge in [-0.15, -0.1) is 0 Å². The van der Waals surface area contributed by atoms with Crippen LogP contribution in [0.5, 0.6) is 0 Å². The number of rotatable bonds is 5. The predicted octanol–water partition coefficient (Wildman–Crippen LogP) is -0.430. The maximum Gasteiger partial charge on any atom is 0.235 e. The van der Waals surface area contributed by atoms with E-state index in [0.717, 1.165) is 12.8 Å². The van der Waals surface area contributed by atoms with Gasteiger partial charge in [-0.05, 0) is 12.8 Å². The molecule has 0 radical (unpaired) electrons. The summed E-state index contributed by atoms with van der Waals surface area (Å²) < 4.78 is 0. The first-order chi connectivity index (χ1) is 5.20. The highest BCUT2D eigenvalue weighted by Crippen LogP contribution is 1.96. The highest BCUT2D eigenvalue weighted by molar-refractivity contribution is 5.77. The Bertz CT molecular complexity index is 117. The van der Waals surface area contributed by atoms with Crippen LogP contribution in [0.4, 0.5) is 0 Å². The zero-order valence-corrected chi connectivity index (χ0v) is 6.84. The molecule has 0 aromatic carbocycles. The van der Waals surface area contributed by atoms with Crippen molar-refractivity contribution in [2.24, 2.45) is 5.73 Å². The molecule has 0 rings (SSSR count). The molecule has 0 aliphatic carbocycles. The van der Waals surface area contributed by atoms with Crippen molar-refractivity contribution in [1.29, 1.82) is 0 Å². The van der Waals surface area contributed by atoms with Crippen molar-refractivity contribution in [2.45, 2.75) is 32.4 Å². The molecule has 0 aliphatic rings. The second-order valence-electron chi connectivity index (χ2n) is 2.43. The quantitative estimate of drug-likeness (QED) is 0.478. The lowest BCUT2D eigenvalue weighted by molar-refractivity contribution is -0.122. The standard InChI is InChI=1S/C7H16N2O2/c1-2-3-4-6(10)9-7(11)5-8/h6,10H,2-5,8H2,1H3,(H,9,11)/t6-/m1/s1. The molecule has 0 saturated carbocycles. The lowest BCUT2D eigenvalue weighted by atomic mass is 10.2. The van der Waals surface area contributed by atoms with Gasteiger partial charge in [0, 0.05) is 0 Å². The van der Waals surface area contributed by atoms with Crippen LogP contribution < -0.4 is 11.1 Å². The topological polar surface area (TPSA) is 75.3 Å². The van der Waals surface area contributed by atoms with Crippen LogP contribution in [0.15, 0.2) is 0 Å². The van der Waals surface area contributed by atoms with Crippen LogP contribution in [0.2, 0.25) is 0 Å². The second-order valence-corrected chi connectivity index (χ2v) is 2.43. The van der Waals surface area contributed by atoms with Crippen molar-refractivity contribution in [1.82, 2.24) is 5.32 Å². The summed E-state index contributed by atoms with van der Waals surface area (Å²) in [6.45, 7) is 1.96. The monoisotopic (exact) mass is 160 g/mol. The lowest BCUT2D eigenvalue weighted by Gasteiger charge is -2.10. The van der Waals surface area contributed by atoms with Crippen molar-refractivity contribution < 1.29 is 9.90 Å². The molecule has 0 fully saturated rings. The lowest BCUT2D eigenvalue weighted by Crippen LogP contribution is -2.38. The maximum atomic E-state index is 10.6. The minimum Gasteiger partial charge on any atom is -0.374 e. The van der Waals surface area contributed by atoms with Gasteiger partial charge in [-0.25, -0.2) is 0 Å². The average molecular weight is 160 g/mol. The third-order valence-electron chi connectivity index (χ3n) is 1.34. The van der Waals surface area contributed by atoms with Gasteiger partial charge in [0.05, 0.1) is 6.54 Å². The summed E-state index contributed by atoms with van der Waals surface area (Å²) in [4.78, 5) is 10.6. The molecule has 1 amide bonds. The van der Waals surface area contributed by atoms with E-state index in [2.05, 4.69) is 5.32 Å². The Labute approximate surface area is 66.8 Å². The number of carbonyl (C=O) groups is 1. The molecule has 11 heavy (non-hydrogen) atoms. The second kappa shape index (κ2) is 6.12. The number of aliphatic hydroxyl groups excluding tert-OH is 1. The van der Waals surface area contributed by atoms with Crippen molar-refractivity contribution in [3.8, 4) is 0 Å². The van der Waals surface area contributed by atoms with Crippen molar-refractivity contribution in [2.75, 3.05) is 6.54 Å². The molecule has 0 aromatic rings. The summed E-state index contributed by atoms with van der Waals surface area (Å²) in [5.74, 6) is -0.311. The fourth-order valence-corrected chi connectivity index (χ4v) is 0.714. The molecule has 0 heterocycles. The molecule has 0 spiro atoms. The van der Waals surface area contributed by atoms with Crippen LogP contribution in [0.3, 0.4) is 0 Å². The molecule has 0 unspecified atom stereocenters. The van der Waals surface area contributed by atoms with Gasteiger partial charge in [0.25, 0.3) is 0 Å². The van der Waals surface area contributed by atoms with Crippen LogP contribution in [0.25, 0.3) is 0 Å². The maximum absolute atomic E-state index is 10.6. The van der Waals surface area contributed by atoms with E-state index in [1.54, 1.807) is 0 Å². The van der Waals surface area contributed by atoms with Gasteiger partial charge in [0.15, 0.2) is 0 Å². The number of unbranched alkanes of at least 4 members (excludes halogenated alkanes) is 1. The molecule has 4 nitrogen and oxygen atoms in total. The Hall–Kier alpha value is -0.610. The van der Waals surface area contributed by atoms with E-state index < -0.39 is 6.23 Å². The van der Waals surface area contributed by atoms with Gasteiger partial charge >= 0.3 is 0 Å². The van der Waals surface area contributed by atoms with Gasteiger partial charge < -0.3 is 16.2 Å². The predicted molar refractivity (Wildman–Crippen MR) is 42.7 cm³/mol. The summed E-state index contributed by atoms with van der Waals surface area (Å²) in [6.07, 6.45) is 1.79. The summed E-state index contributed by atoms with van der Waals surface area (Å²) in [7, 11) is 0. The van der Waals surface area contributed by atoms with Gasteiger partial charge in [-0.3, -0.25) is 4.79 Å². The Balaban J connectivity index is 3.35. The van der Waals surface area contributed by atoms with E-state index in [1.165, 1.54) is 0 Å². The SMILES string of the molecule is CCCC[C@@H](O)NC(=O)CN. The molecule has 4 heteroatoms. The molecule has 0 aromatic heterocycles. The number of amides is 1. The number of carbonyl (C=O) groups excluding carboxylic acids is 1. The number of aliphatic hydroxyl groups is 1. The molecule has 1 atom stereocenters. The fourth-order valence-electron chi connectivity index (χ4n) is 0.714. The summed E-state index contributed by atoms with van der Waals surface area (Å²) in [6, 6.07) is 0. The van der Waals surface area contributed by atoms with Gasteiger partial charge in [0.1, 0.15) is 6.23 Å². The van der Waals surface area contributed by atoms with Gasteiger partial charge in [0.2, 0.25) is 5.91 Å². The molecule has 0 aliphatic heterocycles. The smallest absolute Gasteiger partial charge is 0.235 e. The third kappa shape index (κ3) is 5.82. The van der Waals surface area contributed by atoms with Crippen LogP contribution in [0, 0.1) is 0 Å². The third-order valence-corrected chi connectivity index (χ3v) is 1.34. The number of nitrogens with two attached hydrogens (primary N) is 1. The Kier molecular flexibility index (Phi) is 5.78.